The van der Waals surface area contributed by atoms with Crippen molar-refractivity contribution < 1.29 is 0 Å². The molecule has 16 heavy (non-hydrogen) atoms. The van der Waals surface area contributed by atoms with Crippen LogP contribution in [0.1, 0.15) is 79.1 Å². The Morgan fingerprint density at radius 2 is 1.69 bits per heavy atom. The Labute approximate surface area is 103 Å². The molecule has 0 saturated heterocycles. The minimum Gasteiger partial charge on any atom is -0.0651 e. The van der Waals surface area contributed by atoms with Gasteiger partial charge in [0.05, 0.1) is 0 Å². The van der Waals surface area contributed by atoms with Crippen LogP contribution in [0.5, 0.6) is 0 Å². The second-order valence-corrected chi connectivity index (χ2v) is 6.45. The van der Waals surface area contributed by atoms with E-state index in [1.54, 1.807) is 0 Å². The van der Waals surface area contributed by atoms with Crippen LogP contribution in [0.25, 0.3) is 0 Å². The maximum absolute atomic E-state index is 2.42. The van der Waals surface area contributed by atoms with Crippen molar-refractivity contribution in [2.45, 2.75) is 79.1 Å². The van der Waals surface area contributed by atoms with Crippen LogP contribution < -0.4 is 0 Å². The van der Waals surface area contributed by atoms with Crippen molar-refractivity contribution in [3.63, 3.8) is 0 Å². The second kappa shape index (κ2) is 7.35. The van der Waals surface area contributed by atoms with Crippen molar-refractivity contribution in [2.24, 2.45) is 23.7 Å². The van der Waals surface area contributed by atoms with Crippen LogP contribution >= 0.6 is 0 Å². The smallest absolute Gasteiger partial charge is 0.0414 e. The van der Waals surface area contributed by atoms with Crippen LogP contribution in [0.15, 0.2) is 0 Å². The van der Waals surface area contributed by atoms with Crippen molar-refractivity contribution in [3.05, 3.63) is 0 Å². The van der Waals surface area contributed by atoms with Crippen molar-refractivity contribution in [2.75, 3.05) is 0 Å². The minimum absolute atomic E-state index is 0.865. The highest BCUT2D eigenvalue weighted by Crippen LogP contribution is 2.33. The Morgan fingerprint density at radius 3 is 2.12 bits per heavy atom. The van der Waals surface area contributed by atoms with Gasteiger partial charge < -0.3 is 0 Å². The van der Waals surface area contributed by atoms with E-state index in [2.05, 4.69) is 27.7 Å². The van der Waals surface area contributed by atoms with Crippen molar-refractivity contribution in [3.8, 4) is 0 Å². The third kappa shape index (κ3) is 4.89. The molecular formula is C16H32. The average molecular weight is 224 g/mol. The molecule has 0 aromatic carbocycles. The van der Waals surface area contributed by atoms with Crippen LogP contribution in [-0.4, -0.2) is 0 Å². The zero-order valence-corrected chi connectivity index (χ0v) is 12.0. The van der Waals surface area contributed by atoms with Crippen molar-refractivity contribution >= 4 is 0 Å². The number of hydrogen-bond donors (Lipinski definition) is 0. The zero-order valence-electron chi connectivity index (χ0n) is 12.0. The summed E-state index contributed by atoms with van der Waals surface area (Å²) in [6.07, 6.45) is 11.9. The third-order valence-corrected chi connectivity index (χ3v) is 4.95. The van der Waals surface area contributed by atoms with Crippen molar-refractivity contribution in [1.29, 1.82) is 0 Å². The normalized spacial score (nSPS) is 20.8. The summed E-state index contributed by atoms with van der Waals surface area (Å²) in [4.78, 5) is 0. The van der Waals surface area contributed by atoms with Gasteiger partial charge in [-0.2, -0.15) is 0 Å². The molecule has 0 spiro atoms. The summed E-state index contributed by atoms with van der Waals surface area (Å²) in [6, 6.07) is 0. The molecule has 1 aliphatic carbocycles. The van der Waals surface area contributed by atoms with Gasteiger partial charge in [-0.05, 0) is 23.7 Å². The molecular weight excluding hydrogens is 192 g/mol. The third-order valence-electron chi connectivity index (χ3n) is 4.95. The first-order valence-corrected chi connectivity index (χ1v) is 7.63. The summed E-state index contributed by atoms with van der Waals surface area (Å²) in [7, 11) is 0. The van der Waals surface area contributed by atoms with Gasteiger partial charge in [-0.3, -0.25) is 0 Å². The molecule has 0 nitrogen and oxygen atoms in total. The maximum atomic E-state index is 2.42. The molecule has 0 aliphatic heterocycles. The van der Waals surface area contributed by atoms with E-state index in [-0.39, 0.29) is 0 Å². The van der Waals surface area contributed by atoms with Gasteiger partial charge in [-0.25, -0.2) is 0 Å². The summed E-state index contributed by atoms with van der Waals surface area (Å²) in [6.45, 7) is 9.52. The first kappa shape index (κ1) is 14.1. The van der Waals surface area contributed by atoms with E-state index >= 15 is 0 Å². The van der Waals surface area contributed by atoms with Gasteiger partial charge >= 0.3 is 0 Å². The fraction of sp³-hybridized carbons (Fsp3) is 1.00. The Balaban J connectivity index is 2.10. The van der Waals surface area contributed by atoms with Crippen LogP contribution in [-0.2, 0) is 0 Å². The Bertz CT molecular complexity index is 167. The molecule has 0 amide bonds. The van der Waals surface area contributed by atoms with Gasteiger partial charge in [0.1, 0.15) is 0 Å². The van der Waals surface area contributed by atoms with E-state index in [0.717, 1.165) is 23.7 Å². The Morgan fingerprint density at radius 1 is 1.00 bits per heavy atom. The minimum atomic E-state index is 0.865. The van der Waals surface area contributed by atoms with Crippen molar-refractivity contribution in [1.82, 2.24) is 0 Å². The van der Waals surface area contributed by atoms with E-state index in [1.165, 1.54) is 51.4 Å². The molecule has 1 saturated carbocycles. The molecule has 0 heteroatoms. The lowest BCUT2D eigenvalue weighted by Gasteiger charge is -2.27. The largest absolute Gasteiger partial charge is 0.0651 e. The van der Waals surface area contributed by atoms with E-state index < -0.39 is 0 Å². The first-order chi connectivity index (χ1) is 7.63. The molecule has 0 aromatic heterocycles. The van der Waals surface area contributed by atoms with E-state index in [0.29, 0.717) is 0 Å². The SMILES string of the molecule is CCC(CCC1CCC1)CCC(C)C(C)C. The highest BCUT2D eigenvalue weighted by atomic mass is 14.2. The number of hydrogen-bond acceptors (Lipinski definition) is 0. The standard InChI is InChI=1S/C16H32/c1-5-15(10-9-14(4)13(2)3)11-12-16-7-6-8-16/h13-16H,5-12H2,1-4H3. The number of rotatable bonds is 8. The molecule has 0 aromatic rings. The Hall–Kier alpha value is 0. The highest BCUT2D eigenvalue weighted by Gasteiger charge is 2.19. The monoisotopic (exact) mass is 224 g/mol. The summed E-state index contributed by atoms with van der Waals surface area (Å²) < 4.78 is 0. The quantitative estimate of drug-likeness (QED) is 0.498. The summed E-state index contributed by atoms with van der Waals surface area (Å²) in [5.74, 6) is 3.90. The molecule has 1 aliphatic rings. The van der Waals surface area contributed by atoms with Gasteiger partial charge in [0.25, 0.3) is 0 Å². The molecule has 0 radical (unpaired) electrons. The van der Waals surface area contributed by atoms with E-state index in [1.807, 2.05) is 0 Å². The molecule has 0 heterocycles. The van der Waals surface area contributed by atoms with Crippen LogP contribution in [0.3, 0.4) is 0 Å². The van der Waals surface area contributed by atoms with Gasteiger partial charge in [0.2, 0.25) is 0 Å². The maximum Gasteiger partial charge on any atom is -0.0414 e. The predicted molar refractivity (Wildman–Crippen MR) is 73.6 cm³/mol. The summed E-state index contributed by atoms with van der Waals surface area (Å²) >= 11 is 0. The zero-order chi connectivity index (χ0) is 12.0. The topological polar surface area (TPSA) is 0 Å². The van der Waals surface area contributed by atoms with E-state index in [4.69, 9.17) is 0 Å². The van der Waals surface area contributed by atoms with Gasteiger partial charge in [0, 0.05) is 0 Å². The molecule has 1 fully saturated rings. The van der Waals surface area contributed by atoms with Gasteiger partial charge in [-0.1, -0.05) is 79.1 Å². The summed E-state index contributed by atoms with van der Waals surface area (Å²) in [5, 5.41) is 0. The molecule has 0 N–H and O–H groups in total. The van der Waals surface area contributed by atoms with E-state index in [9.17, 15) is 0 Å². The lowest BCUT2D eigenvalue weighted by atomic mass is 9.79. The average Bonchev–Trinajstić information content (AvgIpc) is 2.19. The fourth-order valence-corrected chi connectivity index (χ4v) is 2.64. The predicted octanol–water partition coefficient (Wildman–Crippen LogP) is 5.67. The van der Waals surface area contributed by atoms with Crippen LogP contribution in [0, 0.1) is 23.7 Å². The lowest BCUT2D eigenvalue weighted by molar-refractivity contribution is 0.253. The van der Waals surface area contributed by atoms with Crippen LogP contribution in [0.4, 0.5) is 0 Å². The molecule has 96 valence electrons. The lowest BCUT2D eigenvalue weighted by Crippen LogP contribution is -2.13. The molecule has 2 unspecified atom stereocenters. The van der Waals surface area contributed by atoms with Gasteiger partial charge in [0.15, 0.2) is 0 Å². The first-order valence-electron chi connectivity index (χ1n) is 7.63. The molecule has 0 bridgehead atoms. The Kier molecular flexibility index (Phi) is 6.46. The summed E-state index contributed by atoms with van der Waals surface area (Å²) in [5.41, 5.74) is 0. The molecule has 2 atom stereocenters. The van der Waals surface area contributed by atoms with Gasteiger partial charge in [-0.15, -0.1) is 0 Å². The second-order valence-electron chi connectivity index (χ2n) is 6.45. The van der Waals surface area contributed by atoms with Crippen LogP contribution in [0.2, 0.25) is 0 Å². The molecule has 1 rings (SSSR count). The fourth-order valence-electron chi connectivity index (χ4n) is 2.64. The highest BCUT2D eigenvalue weighted by molar-refractivity contribution is 4.71.